The molecule has 2 nitrogen and oxygen atoms in total. The third kappa shape index (κ3) is 0.796. The minimum Gasteiger partial charge on any atom is -0.371 e. The van der Waals surface area contributed by atoms with Crippen molar-refractivity contribution < 1.29 is 9.47 Å². The molecule has 2 heteroatoms. The molecule has 3 atom stereocenters. The molecule has 2 heterocycles. The van der Waals surface area contributed by atoms with Crippen molar-refractivity contribution in [1.82, 2.24) is 0 Å². The standard InChI is InChI=1S/C8H12O2/c1-5-4-9-7-3-6(2)10-8(5)7/h6-8H,1,3-4H2,2H3. The van der Waals surface area contributed by atoms with E-state index in [2.05, 4.69) is 13.5 Å². The summed E-state index contributed by atoms with van der Waals surface area (Å²) in [6.07, 6.45) is 1.90. The van der Waals surface area contributed by atoms with Crippen molar-refractivity contribution in [3.05, 3.63) is 12.2 Å². The van der Waals surface area contributed by atoms with Gasteiger partial charge in [0.25, 0.3) is 0 Å². The average molecular weight is 140 g/mol. The summed E-state index contributed by atoms with van der Waals surface area (Å²) in [5.41, 5.74) is 1.11. The van der Waals surface area contributed by atoms with Gasteiger partial charge in [-0.05, 0) is 12.5 Å². The number of hydrogen-bond acceptors (Lipinski definition) is 2. The molecule has 2 aliphatic rings. The van der Waals surface area contributed by atoms with Gasteiger partial charge in [-0.3, -0.25) is 0 Å². The van der Waals surface area contributed by atoms with Gasteiger partial charge < -0.3 is 9.47 Å². The van der Waals surface area contributed by atoms with Crippen molar-refractivity contribution in [1.29, 1.82) is 0 Å². The Morgan fingerprint density at radius 3 is 3.10 bits per heavy atom. The molecule has 0 aromatic heterocycles. The quantitative estimate of drug-likeness (QED) is 0.469. The molecule has 0 aromatic carbocycles. The first kappa shape index (κ1) is 6.38. The molecule has 0 N–H and O–H groups in total. The number of rotatable bonds is 0. The fourth-order valence-electron chi connectivity index (χ4n) is 1.65. The lowest BCUT2D eigenvalue weighted by atomic mass is 10.1. The molecule has 0 aliphatic carbocycles. The van der Waals surface area contributed by atoms with Crippen LogP contribution in [0.4, 0.5) is 0 Å². The average Bonchev–Trinajstić information content (AvgIpc) is 2.35. The molecule has 0 saturated carbocycles. The van der Waals surface area contributed by atoms with Gasteiger partial charge in [0.15, 0.2) is 0 Å². The first-order valence-electron chi connectivity index (χ1n) is 3.72. The van der Waals surface area contributed by atoms with Gasteiger partial charge >= 0.3 is 0 Å². The van der Waals surface area contributed by atoms with Gasteiger partial charge in [-0.2, -0.15) is 0 Å². The predicted octanol–water partition coefficient (Wildman–Crippen LogP) is 1.12. The van der Waals surface area contributed by atoms with Gasteiger partial charge in [0.1, 0.15) is 6.10 Å². The number of hydrogen-bond donors (Lipinski definition) is 0. The zero-order chi connectivity index (χ0) is 7.14. The zero-order valence-corrected chi connectivity index (χ0v) is 6.17. The summed E-state index contributed by atoms with van der Waals surface area (Å²) in [5.74, 6) is 0. The second kappa shape index (κ2) is 2.07. The van der Waals surface area contributed by atoms with Crippen LogP contribution in [-0.4, -0.2) is 24.9 Å². The summed E-state index contributed by atoms with van der Waals surface area (Å²) in [6.45, 7) is 6.66. The Labute approximate surface area is 60.8 Å². The Hall–Kier alpha value is -0.340. The van der Waals surface area contributed by atoms with E-state index in [0.717, 1.165) is 12.0 Å². The highest BCUT2D eigenvalue weighted by Crippen LogP contribution is 2.32. The molecule has 0 aromatic rings. The largest absolute Gasteiger partial charge is 0.371 e. The number of fused-ring (bicyclic) bond motifs is 1. The van der Waals surface area contributed by atoms with E-state index in [0.29, 0.717) is 18.8 Å². The highest BCUT2D eigenvalue weighted by molar-refractivity contribution is 5.13. The second-order valence-electron chi connectivity index (χ2n) is 3.11. The zero-order valence-electron chi connectivity index (χ0n) is 6.17. The molecule has 2 fully saturated rings. The summed E-state index contributed by atoms with van der Waals surface area (Å²) in [6, 6.07) is 0. The van der Waals surface area contributed by atoms with E-state index in [1.807, 2.05) is 0 Å². The molecule has 3 unspecified atom stereocenters. The van der Waals surface area contributed by atoms with E-state index in [9.17, 15) is 0 Å². The van der Waals surface area contributed by atoms with Crippen LogP contribution in [0.15, 0.2) is 12.2 Å². The molecular formula is C8H12O2. The highest BCUT2D eigenvalue weighted by Gasteiger charge is 2.39. The maximum absolute atomic E-state index is 5.57. The van der Waals surface area contributed by atoms with Gasteiger partial charge in [-0.1, -0.05) is 6.58 Å². The Bertz CT molecular complexity index is 165. The highest BCUT2D eigenvalue weighted by atomic mass is 16.6. The molecule has 0 bridgehead atoms. The second-order valence-corrected chi connectivity index (χ2v) is 3.11. The van der Waals surface area contributed by atoms with Gasteiger partial charge in [0.05, 0.1) is 18.8 Å². The van der Waals surface area contributed by atoms with Crippen LogP contribution in [0.25, 0.3) is 0 Å². The van der Waals surface area contributed by atoms with Crippen LogP contribution in [0.1, 0.15) is 13.3 Å². The first-order valence-corrected chi connectivity index (χ1v) is 3.72. The minimum atomic E-state index is 0.204. The monoisotopic (exact) mass is 140 g/mol. The third-order valence-electron chi connectivity index (χ3n) is 2.17. The molecule has 0 amide bonds. The van der Waals surface area contributed by atoms with Gasteiger partial charge in [0.2, 0.25) is 0 Å². The van der Waals surface area contributed by atoms with E-state index in [1.54, 1.807) is 0 Å². The number of ether oxygens (including phenoxy) is 2. The van der Waals surface area contributed by atoms with Gasteiger partial charge in [0, 0.05) is 6.42 Å². The summed E-state index contributed by atoms with van der Waals surface area (Å²) < 4.78 is 11.0. The van der Waals surface area contributed by atoms with Crippen molar-refractivity contribution >= 4 is 0 Å². The summed E-state index contributed by atoms with van der Waals surface area (Å²) in [4.78, 5) is 0. The normalized spacial score (nSPS) is 46.1. The lowest BCUT2D eigenvalue weighted by Crippen LogP contribution is -2.15. The maximum Gasteiger partial charge on any atom is 0.107 e. The summed E-state index contributed by atoms with van der Waals surface area (Å²) in [5, 5.41) is 0. The maximum atomic E-state index is 5.57. The van der Waals surface area contributed by atoms with Gasteiger partial charge in [-0.15, -0.1) is 0 Å². The van der Waals surface area contributed by atoms with E-state index in [1.165, 1.54) is 0 Å². The van der Waals surface area contributed by atoms with E-state index in [-0.39, 0.29) is 6.10 Å². The van der Waals surface area contributed by atoms with Crippen LogP contribution >= 0.6 is 0 Å². The van der Waals surface area contributed by atoms with Crippen molar-refractivity contribution in [3.63, 3.8) is 0 Å². The molecule has 2 aliphatic heterocycles. The van der Waals surface area contributed by atoms with Crippen LogP contribution in [-0.2, 0) is 9.47 Å². The smallest absolute Gasteiger partial charge is 0.107 e. The molecule has 2 saturated heterocycles. The Morgan fingerprint density at radius 2 is 2.40 bits per heavy atom. The molecule has 2 rings (SSSR count). The van der Waals surface area contributed by atoms with E-state index in [4.69, 9.17) is 9.47 Å². The van der Waals surface area contributed by atoms with E-state index < -0.39 is 0 Å². The van der Waals surface area contributed by atoms with Crippen LogP contribution in [0.2, 0.25) is 0 Å². The molecule has 56 valence electrons. The summed E-state index contributed by atoms with van der Waals surface area (Å²) in [7, 11) is 0. The Morgan fingerprint density at radius 1 is 1.60 bits per heavy atom. The fourth-order valence-corrected chi connectivity index (χ4v) is 1.65. The van der Waals surface area contributed by atoms with Crippen LogP contribution in [0.3, 0.4) is 0 Å². The van der Waals surface area contributed by atoms with Gasteiger partial charge in [-0.25, -0.2) is 0 Å². The first-order chi connectivity index (χ1) is 4.77. The van der Waals surface area contributed by atoms with Crippen LogP contribution in [0, 0.1) is 0 Å². The Balaban J connectivity index is 2.12. The van der Waals surface area contributed by atoms with E-state index >= 15 is 0 Å². The van der Waals surface area contributed by atoms with Crippen molar-refractivity contribution in [2.45, 2.75) is 31.7 Å². The molecule has 10 heavy (non-hydrogen) atoms. The third-order valence-corrected chi connectivity index (χ3v) is 2.17. The lowest BCUT2D eigenvalue weighted by molar-refractivity contribution is 0.0569. The topological polar surface area (TPSA) is 18.5 Å². The minimum absolute atomic E-state index is 0.204. The van der Waals surface area contributed by atoms with Crippen molar-refractivity contribution in [3.8, 4) is 0 Å². The SMILES string of the molecule is C=C1COC2CC(C)OC12. The fraction of sp³-hybridized carbons (Fsp3) is 0.750. The van der Waals surface area contributed by atoms with Crippen molar-refractivity contribution in [2.75, 3.05) is 6.61 Å². The molecule has 0 spiro atoms. The van der Waals surface area contributed by atoms with Crippen LogP contribution < -0.4 is 0 Å². The predicted molar refractivity (Wildman–Crippen MR) is 37.8 cm³/mol. The van der Waals surface area contributed by atoms with Crippen LogP contribution in [0.5, 0.6) is 0 Å². The Kier molecular flexibility index (Phi) is 1.32. The summed E-state index contributed by atoms with van der Waals surface area (Å²) >= 11 is 0. The lowest BCUT2D eigenvalue weighted by Gasteiger charge is -2.06. The van der Waals surface area contributed by atoms with Crippen molar-refractivity contribution in [2.24, 2.45) is 0 Å². The molecular weight excluding hydrogens is 128 g/mol. The molecule has 0 radical (unpaired) electrons.